The molecule has 0 atom stereocenters. The molecule has 7 nitrogen and oxygen atoms in total. The van der Waals surface area contributed by atoms with E-state index in [1.54, 1.807) is 24.3 Å². The maximum absolute atomic E-state index is 12.6. The number of carboxylic acid groups (broad SMARTS) is 1. The standard InChI is InChI=1S/C24H26F2N2O5/c25-21(26)15-1-3-16(4-2-15)22(29)27-13-14-28-23(30)17-5-9-19(10-6-17)33-20-11-7-18(8-12-20)24(31)32/h1-6,9-10,18,20-21H,7-8,11-14H2,(H,27,29)(H,28,30)(H,31,32). The Morgan fingerprint density at radius 2 is 1.33 bits per heavy atom. The summed E-state index contributed by atoms with van der Waals surface area (Å²) in [4.78, 5) is 35.3. The number of hydrogen-bond acceptors (Lipinski definition) is 4. The van der Waals surface area contributed by atoms with Crippen molar-refractivity contribution in [3.05, 3.63) is 65.2 Å². The molecule has 1 aliphatic carbocycles. The van der Waals surface area contributed by atoms with Crippen LogP contribution in [-0.4, -0.2) is 42.1 Å². The summed E-state index contributed by atoms with van der Waals surface area (Å²) in [5, 5.41) is 14.4. The van der Waals surface area contributed by atoms with Crippen molar-refractivity contribution in [1.29, 1.82) is 0 Å². The summed E-state index contributed by atoms with van der Waals surface area (Å²) in [6.07, 6.45) is -0.0641. The summed E-state index contributed by atoms with van der Waals surface area (Å²) < 4.78 is 31.0. The molecule has 3 N–H and O–H groups in total. The third kappa shape index (κ3) is 7.00. The van der Waals surface area contributed by atoms with Gasteiger partial charge in [-0.25, -0.2) is 8.78 Å². The first-order valence-corrected chi connectivity index (χ1v) is 10.8. The number of carboxylic acids is 1. The van der Waals surface area contributed by atoms with Gasteiger partial charge in [0.1, 0.15) is 5.75 Å². The van der Waals surface area contributed by atoms with Crippen molar-refractivity contribution in [2.45, 2.75) is 38.2 Å². The molecule has 1 saturated carbocycles. The lowest BCUT2D eigenvalue weighted by atomic mass is 9.87. The van der Waals surface area contributed by atoms with E-state index < -0.39 is 18.3 Å². The first-order chi connectivity index (χ1) is 15.8. The molecule has 0 aromatic heterocycles. The molecule has 0 saturated heterocycles. The molecule has 3 rings (SSSR count). The van der Waals surface area contributed by atoms with Crippen molar-refractivity contribution < 1.29 is 33.0 Å². The van der Waals surface area contributed by atoms with Gasteiger partial charge in [0.2, 0.25) is 0 Å². The molecular formula is C24H26F2N2O5. The number of ether oxygens (including phenoxy) is 1. The lowest BCUT2D eigenvalue weighted by Gasteiger charge is -2.26. The Balaban J connectivity index is 1.38. The van der Waals surface area contributed by atoms with Crippen molar-refractivity contribution >= 4 is 17.8 Å². The largest absolute Gasteiger partial charge is 0.490 e. The molecule has 0 aliphatic heterocycles. The van der Waals surface area contributed by atoms with E-state index in [0.29, 0.717) is 37.0 Å². The molecular weight excluding hydrogens is 434 g/mol. The van der Waals surface area contributed by atoms with Gasteiger partial charge in [0, 0.05) is 29.8 Å². The zero-order chi connectivity index (χ0) is 23.8. The molecule has 0 unspecified atom stereocenters. The number of carbonyl (C=O) groups is 3. The highest BCUT2D eigenvalue weighted by Crippen LogP contribution is 2.28. The van der Waals surface area contributed by atoms with Gasteiger partial charge >= 0.3 is 5.97 Å². The van der Waals surface area contributed by atoms with E-state index in [1.165, 1.54) is 24.3 Å². The molecule has 1 aliphatic rings. The second-order valence-corrected chi connectivity index (χ2v) is 7.89. The zero-order valence-corrected chi connectivity index (χ0v) is 17.9. The van der Waals surface area contributed by atoms with Gasteiger partial charge in [-0.1, -0.05) is 12.1 Å². The number of alkyl halides is 2. The average Bonchev–Trinajstić information content (AvgIpc) is 2.82. The van der Waals surface area contributed by atoms with Crippen LogP contribution in [0.2, 0.25) is 0 Å². The van der Waals surface area contributed by atoms with Crippen molar-refractivity contribution in [3.63, 3.8) is 0 Å². The number of rotatable bonds is 9. The third-order valence-corrected chi connectivity index (χ3v) is 5.56. The van der Waals surface area contributed by atoms with E-state index in [0.717, 1.165) is 0 Å². The Labute approximate surface area is 190 Å². The Kier molecular flexibility index (Phi) is 8.34. The minimum atomic E-state index is -2.59. The summed E-state index contributed by atoms with van der Waals surface area (Å²) in [6.45, 7) is 0.381. The van der Waals surface area contributed by atoms with Crippen LogP contribution in [0.5, 0.6) is 5.75 Å². The van der Waals surface area contributed by atoms with Gasteiger partial charge in [-0.2, -0.15) is 0 Å². The normalized spacial score (nSPS) is 17.9. The monoisotopic (exact) mass is 460 g/mol. The lowest BCUT2D eigenvalue weighted by molar-refractivity contribution is -0.143. The average molecular weight is 460 g/mol. The predicted molar refractivity (Wildman–Crippen MR) is 117 cm³/mol. The Hall–Kier alpha value is -3.49. The number of nitrogens with one attached hydrogen (secondary N) is 2. The Morgan fingerprint density at radius 1 is 0.848 bits per heavy atom. The van der Waals surface area contributed by atoms with E-state index in [-0.39, 0.29) is 42.1 Å². The molecule has 1 fully saturated rings. The van der Waals surface area contributed by atoms with Gasteiger partial charge in [0.25, 0.3) is 18.2 Å². The summed E-state index contributed by atoms with van der Waals surface area (Å²) in [5.74, 6) is -1.16. The molecule has 0 radical (unpaired) electrons. The Bertz CT molecular complexity index is 956. The number of hydrogen-bond donors (Lipinski definition) is 3. The second kappa shape index (κ2) is 11.4. The van der Waals surface area contributed by atoms with Crippen LogP contribution in [0, 0.1) is 5.92 Å². The van der Waals surface area contributed by atoms with Gasteiger partial charge in [-0.05, 0) is 62.1 Å². The van der Waals surface area contributed by atoms with E-state index in [1.807, 2.05) is 0 Å². The minimum Gasteiger partial charge on any atom is -0.490 e. The van der Waals surface area contributed by atoms with Gasteiger partial charge in [0.05, 0.1) is 12.0 Å². The second-order valence-electron chi connectivity index (χ2n) is 7.89. The van der Waals surface area contributed by atoms with Crippen LogP contribution in [0.3, 0.4) is 0 Å². The summed E-state index contributed by atoms with van der Waals surface area (Å²) >= 11 is 0. The fourth-order valence-corrected chi connectivity index (χ4v) is 3.64. The molecule has 176 valence electrons. The maximum atomic E-state index is 12.6. The van der Waals surface area contributed by atoms with E-state index in [9.17, 15) is 23.2 Å². The number of amides is 2. The van der Waals surface area contributed by atoms with E-state index >= 15 is 0 Å². The first-order valence-electron chi connectivity index (χ1n) is 10.8. The fraction of sp³-hybridized carbons (Fsp3) is 0.375. The summed E-state index contributed by atoms with van der Waals surface area (Å²) in [7, 11) is 0. The quantitative estimate of drug-likeness (QED) is 0.494. The highest BCUT2D eigenvalue weighted by atomic mass is 19.3. The number of aliphatic carboxylic acids is 1. The molecule has 0 heterocycles. The highest BCUT2D eigenvalue weighted by Gasteiger charge is 2.26. The number of benzene rings is 2. The molecule has 0 spiro atoms. The summed E-state index contributed by atoms with van der Waals surface area (Å²) in [6, 6.07) is 11.7. The van der Waals surface area contributed by atoms with Crippen LogP contribution in [0.4, 0.5) is 8.78 Å². The molecule has 2 aromatic rings. The van der Waals surface area contributed by atoms with Crippen molar-refractivity contribution in [2.75, 3.05) is 13.1 Å². The van der Waals surface area contributed by atoms with Crippen LogP contribution in [0.25, 0.3) is 0 Å². The molecule has 0 bridgehead atoms. The van der Waals surface area contributed by atoms with Crippen molar-refractivity contribution in [1.82, 2.24) is 10.6 Å². The van der Waals surface area contributed by atoms with Gasteiger partial charge in [-0.15, -0.1) is 0 Å². The van der Waals surface area contributed by atoms with Gasteiger partial charge < -0.3 is 20.5 Å². The lowest BCUT2D eigenvalue weighted by Crippen LogP contribution is -2.34. The SMILES string of the molecule is O=C(NCCNC(=O)c1ccc(C(F)F)cc1)c1ccc(OC2CCC(C(=O)O)CC2)cc1. The third-order valence-electron chi connectivity index (χ3n) is 5.56. The number of carbonyl (C=O) groups excluding carboxylic acids is 2. The smallest absolute Gasteiger partial charge is 0.306 e. The van der Waals surface area contributed by atoms with Crippen LogP contribution in [0.1, 0.15) is 58.4 Å². The Morgan fingerprint density at radius 3 is 1.79 bits per heavy atom. The van der Waals surface area contributed by atoms with E-state index in [4.69, 9.17) is 9.84 Å². The fourth-order valence-electron chi connectivity index (χ4n) is 3.64. The molecule has 9 heteroatoms. The number of halogens is 2. The molecule has 33 heavy (non-hydrogen) atoms. The van der Waals surface area contributed by atoms with Crippen LogP contribution in [0.15, 0.2) is 48.5 Å². The van der Waals surface area contributed by atoms with Crippen molar-refractivity contribution in [2.24, 2.45) is 5.92 Å². The summed E-state index contributed by atoms with van der Waals surface area (Å²) in [5.41, 5.74) is 0.546. The van der Waals surface area contributed by atoms with Crippen LogP contribution >= 0.6 is 0 Å². The topological polar surface area (TPSA) is 105 Å². The van der Waals surface area contributed by atoms with Crippen molar-refractivity contribution in [3.8, 4) is 5.75 Å². The van der Waals surface area contributed by atoms with Gasteiger partial charge in [0.15, 0.2) is 0 Å². The van der Waals surface area contributed by atoms with E-state index in [2.05, 4.69) is 10.6 Å². The zero-order valence-electron chi connectivity index (χ0n) is 17.9. The maximum Gasteiger partial charge on any atom is 0.306 e. The van der Waals surface area contributed by atoms with Gasteiger partial charge in [-0.3, -0.25) is 14.4 Å². The minimum absolute atomic E-state index is 0.0320. The first kappa shape index (κ1) is 24.2. The van der Waals surface area contributed by atoms with Crippen LogP contribution in [-0.2, 0) is 4.79 Å². The highest BCUT2D eigenvalue weighted by molar-refractivity contribution is 5.95. The van der Waals surface area contributed by atoms with Crippen LogP contribution < -0.4 is 15.4 Å². The predicted octanol–water partition coefficient (Wildman–Crippen LogP) is 3.81. The molecule has 2 amide bonds. The molecule has 2 aromatic carbocycles.